The second-order valence-electron chi connectivity index (χ2n) is 5.26. The van der Waals surface area contributed by atoms with Crippen molar-refractivity contribution < 1.29 is 9.26 Å². The lowest BCUT2D eigenvalue weighted by atomic mass is 10.0. The van der Waals surface area contributed by atoms with Crippen LogP contribution in [0.2, 0.25) is 0 Å². The van der Waals surface area contributed by atoms with Crippen LogP contribution in [0.4, 0.5) is 0 Å². The Labute approximate surface area is 107 Å². The monoisotopic (exact) mass is 251 g/mol. The number of nitrogens with zero attached hydrogens (tertiary/aromatic N) is 2. The fraction of sp³-hybridized carbons (Fsp3) is 0.846. The first-order chi connectivity index (χ1) is 8.93. The van der Waals surface area contributed by atoms with E-state index in [1.54, 1.807) is 0 Å². The van der Waals surface area contributed by atoms with E-state index in [4.69, 9.17) is 9.26 Å². The van der Waals surface area contributed by atoms with Crippen LogP contribution in [-0.2, 0) is 4.74 Å². The van der Waals surface area contributed by atoms with Crippen LogP contribution in [0.1, 0.15) is 62.2 Å². The highest BCUT2D eigenvalue weighted by atomic mass is 16.5. The van der Waals surface area contributed by atoms with Crippen LogP contribution >= 0.6 is 0 Å². The Morgan fingerprint density at radius 3 is 2.67 bits per heavy atom. The van der Waals surface area contributed by atoms with Gasteiger partial charge < -0.3 is 14.6 Å². The van der Waals surface area contributed by atoms with E-state index in [1.165, 1.54) is 38.5 Å². The maximum Gasteiger partial charge on any atom is 0.229 e. The molecule has 5 heteroatoms. The molecule has 1 N–H and O–H groups in total. The van der Waals surface area contributed by atoms with Gasteiger partial charge in [-0.25, -0.2) is 0 Å². The number of nitrogens with one attached hydrogen (secondary N) is 1. The molecule has 2 heterocycles. The van der Waals surface area contributed by atoms with Gasteiger partial charge in [0, 0.05) is 12.5 Å². The molecule has 0 aromatic carbocycles. The number of aromatic nitrogens is 2. The number of hydrogen-bond donors (Lipinski definition) is 1. The fourth-order valence-corrected chi connectivity index (χ4v) is 2.81. The summed E-state index contributed by atoms with van der Waals surface area (Å²) in [5.41, 5.74) is 0. The molecule has 18 heavy (non-hydrogen) atoms. The quantitative estimate of drug-likeness (QED) is 0.816. The predicted octanol–water partition coefficient (Wildman–Crippen LogP) is 2.17. The largest absolute Gasteiger partial charge is 0.378 e. The highest BCUT2D eigenvalue weighted by molar-refractivity contribution is 4.99. The first-order valence-corrected chi connectivity index (χ1v) is 7.08. The molecule has 0 spiro atoms. The Morgan fingerprint density at radius 2 is 1.94 bits per heavy atom. The molecule has 1 saturated carbocycles. The lowest BCUT2D eigenvalue weighted by Crippen LogP contribution is -2.35. The Hall–Kier alpha value is -0.940. The minimum atomic E-state index is 0.0991. The molecule has 1 aromatic rings. The van der Waals surface area contributed by atoms with Gasteiger partial charge in [0.05, 0.1) is 19.3 Å². The van der Waals surface area contributed by atoms with Gasteiger partial charge in [-0.15, -0.1) is 0 Å². The molecule has 2 aliphatic rings. The van der Waals surface area contributed by atoms with E-state index in [9.17, 15) is 0 Å². The predicted molar refractivity (Wildman–Crippen MR) is 66.3 cm³/mol. The first kappa shape index (κ1) is 12.1. The van der Waals surface area contributed by atoms with Gasteiger partial charge in [-0.2, -0.15) is 4.98 Å². The molecule has 3 rings (SSSR count). The standard InChI is InChI=1S/C13H21N3O2/c1-2-4-6-10(5-3-1)13-15-12(16-18-13)11-9-17-8-7-14-11/h10-11,14H,1-9H2/t11-/m0/s1. The van der Waals surface area contributed by atoms with E-state index >= 15 is 0 Å². The molecule has 0 bridgehead atoms. The third-order valence-corrected chi connectivity index (χ3v) is 3.90. The number of morpholine rings is 1. The Balaban J connectivity index is 1.67. The molecular weight excluding hydrogens is 230 g/mol. The van der Waals surface area contributed by atoms with Crippen molar-refractivity contribution in [2.45, 2.75) is 50.5 Å². The van der Waals surface area contributed by atoms with Crippen molar-refractivity contribution in [1.29, 1.82) is 0 Å². The summed E-state index contributed by atoms with van der Waals surface area (Å²) in [5, 5.41) is 7.47. The minimum Gasteiger partial charge on any atom is -0.378 e. The van der Waals surface area contributed by atoms with Gasteiger partial charge in [0.1, 0.15) is 0 Å². The van der Waals surface area contributed by atoms with Crippen LogP contribution in [0, 0.1) is 0 Å². The molecule has 2 fully saturated rings. The van der Waals surface area contributed by atoms with Gasteiger partial charge in [-0.3, -0.25) is 0 Å². The maximum atomic E-state index is 5.46. The zero-order chi connectivity index (χ0) is 12.2. The molecule has 1 aromatic heterocycles. The van der Waals surface area contributed by atoms with Crippen LogP contribution in [0.15, 0.2) is 4.52 Å². The molecule has 5 nitrogen and oxygen atoms in total. The summed E-state index contributed by atoms with van der Waals surface area (Å²) in [7, 11) is 0. The van der Waals surface area contributed by atoms with Gasteiger partial charge in [0.25, 0.3) is 0 Å². The lowest BCUT2D eigenvalue weighted by Gasteiger charge is -2.20. The van der Waals surface area contributed by atoms with Gasteiger partial charge in [0.15, 0.2) is 5.82 Å². The molecular formula is C13H21N3O2. The lowest BCUT2D eigenvalue weighted by molar-refractivity contribution is 0.0734. The molecule has 1 saturated heterocycles. The van der Waals surface area contributed by atoms with Crippen molar-refractivity contribution in [2.75, 3.05) is 19.8 Å². The van der Waals surface area contributed by atoms with Crippen LogP contribution in [-0.4, -0.2) is 29.9 Å². The van der Waals surface area contributed by atoms with Crippen molar-refractivity contribution in [3.63, 3.8) is 0 Å². The number of rotatable bonds is 2. The molecule has 0 amide bonds. The topological polar surface area (TPSA) is 60.2 Å². The zero-order valence-corrected chi connectivity index (χ0v) is 10.7. The number of ether oxygens (including phenoxy) is 1. The van der Waals surface area contributed by atoms with Gasteiger partial charge in [-0.05, 0) is 12.8 Å². The summed E-state index contributed by atoms with van der Waals surface area (Å²) in [6.45, 7) is 2.27. The molecule has 100 valence electrons. The van der Waals surface area contributed by atoms with Crippen LogP contribution in [0.25, 0.3) is 0 Å². The van der Waals surface area contributed by atoms with Gasteiger partial charge in [-0.1, -0.05) is 30.8 Å². The first-order valence-electron chi connectivity index (χ1n) is 7.08. The van der Waals surface area contributed by atoms with E-state index < -0.39 is 0 Å². The summed E-state index contributed by atoms with van der Waals surface area (Å²) in [5.74, 6) is 2.06. The zero-order valence-electron chi connectivity index (χ0n) is 10.7. The molecule has 1 atom stereocenters. The van der Waals surface area contributed by atoms with Gasteiger partial charge in [0.2, 0.25) is 5.89 Å². The summed E-state index contributed by atoms with van der Waals surface area (Å²) < 4.78 is 10.9. The maximum absolute atomic E-state index is 5.46. The number of hydrogen-bond acceptors (Lipinski definition) is 5. The molecule has 0 radical (unpaired) electrons. The Morgan fingerprint density at radius 1 is 1.11 bits per heavy atom. The van der Waals surface area contributed by atoms with Crippen LogP contribution < -0.4 is 5.32 Å². The van der Waals surface area contributed by atoms with Gasteiger partial charge >= 0.3 is 0 Å². The van der Waals surface area contributed by atoms with E-state index in [2.05, 4.69) is 15.5 Å². The third kappa shape index (κ3) is 2.72. The van der Waals surface area contributed by atoms with Crippen molar-refractivity contribution in [3.8, 4) is 0 Å². The summed E-state index contributed by atoms with van der Waals surface area (Å²) >= 11 is 0. The highest BCUT2D eigenvalue weighted by Crippen LogP contribution is 2.31. The normalized spacial score (nSPS) is 27.0. The van der Waals surface area contributed by atoms with Crippen LogP contribution in [0.3, 0.4) is 0 Å². The van der Waals surface area contributed by atoms with Crippen LogP contribution in [0.5, 0.6) is 0 Å². The summed E-state index contributed by atoms with van der Waals surface area (Å²) in [6.07, 6.45) is 7.64. The summed E-state index contributed by atoms with van der Waals surface area (Å²) in [4.78, 5) is 4.58. The van der Waals surface area contributed by atoms with E-state index in [1.807, 2.05) is 0 Å². The van der Waals surface area contributed by atoms with Crippen molar-refractivity contribution >= 4 is 0 Å². The van der Waals surface area contributed by atoms with E-state index in [0.717, 1.165) is 24.9 Å². The molecule has 1 aliphatic carbocycles. The fourth-order valence-electron chi connectivity index (χ4n) is 2.81. The highest BCUT2D eigenvalue weighted by Gasteiger charge is 2.25. The molecule has 0 unspecified atom stereocenters. The minimum absolute atomic E-state index is 0.0991. The summed E-state index contributed by atoms with van der Waals surface area (Å²) in [6, 6.07) is 0.0991. The van der Waals surface area contributed by atoms with Crippen molar-refractivity contribution in [2.24, 2.45) is 0 Å². The second kappa shape index (κ2) is 5.80. The van der Waals surface area contributed by atoms with E-state index in [0.29, 0.717) is 12.5 Å². The van der Waals surface area contributed by atoms with E-state index in [-0.39, 0.29) is 6.04 Å². The van der Waals surface area contributed by atoms with Crippen molar-refractivity contribution in [1.82, 2.24) is 15.5 Å². The third-order valence-electron chi connectivity index (χ3n) is 3.90. The average Bonchev–Trinajstić information content (AvgIpc) is 2.76. The van der Waals surface area contributed by atoms with Crippen molar-refractivity contribution in [3.05, 3.63) is 11.7 Å². The second-order valence-corrected chi connectivity index (χ2v) is 5.26. The molecule has 1 aliphatic heterocycles. The Kier molecular flexibility index (Phi) is 3.90. The average molecular weight is 251 g/mol. The Bertz CT molecular complexity index is 366. The SMILES string of the molecule is C1CCCC(c2nc([C@@H]3COCCN3)no2)CC1. The smallest absolute Gasteiger partial charge is 0.229 e.